The largest absolute Gasteiger partial charge is 0.468 e. The summed E-state index contributed by atoms with van der Waals surface area (Å²) in [7, 11) is 0. The molecule has 0 aliphatic carbocycles. The molecule has 68 valence electrons. The molecule has 0 radical (unpaired) electrons. The van der Waals surface area contributed by atoms with E-state index >= 15 is 0 Å². The summed E-state index contributed by atoms with van der Waals surface area (Å²) < 4.78 is 6.83. The van der Waals surface area contributed by atoms with Crippen molar-refractivity contribution in [3.63, 3.8) is 0 Å². The summed E-state index contributed by atoms with van der Waals surface area (Å²) >= 11 is 0. The van der Waals surface area contributed by atoms with Crippen LogP contribution in [0.1, 0.15) is 11.8 Å². The summed E-state index contributed by atoms with van der Waals surface area (Å²) in [5, 5.41) is 3.95. The third-order valence-electron chi connectivity index (χ3n) is 1.76. The second-order valence-corrected chi connectivity index (χ2v) is 2.74. The van der Waals surface area contributed by atoms with Crippen molar-refractivity contribution in [1.82, 2.24) is 14.8 Å². The lowest BCUT2D eigenvalue weighted by Crippen LogP contribution is -2.17. The Hall–Kier alpha value is -1.62. The van der Waals surface area contributed by atoms with E-state index in [0.29, 0.717) is 6.54 Å². The highest BCUT2D eigenvalue weighted by Crippen LogP contribution is 2.11. The monoisotopic (exact) mass is 178 g/mol. The minimum absolute atomic E-state index is 0.170. The van der Waals surface area contributed by atoms with Gasteiger partial charge in [0.1, 0.15) is 18.4 Å². The molecular weight excluding hydrogens is 168 g/mol. The summed E-state index contributed by atoms with van der Waals surface area (Å²) in [6.07, 6.45) is 4.72. The molecule has 0 saturated carbocycles. The van der Waals surface area contributed by atoms with Gasteiger partial charge in [0, 0.05) is 0 Å². The van der Waals surface area contributed by atoms with Gasteiger partial charge in [0.15, 0.2) is 0 Å². The number of nitrogens with zero attached hydrogens (tertiary/aromatic N) is 3. The van der Waals surface area contributed by atoms with Crippen molar-refractivity contribution in [3.05, 3.63) is 36.8 Å². The number of furan rings is 1. The van der Waals surface area contributed by atoms with E-state index in [1.54, 1.807) is 17.3 Å². The van der Waals surface area contributed by atoms with Crippen molar-refractivity contribution in [2.45, 2.75) is 12.6 Å². The number of hydrogen-bond donors (Lipinski definition) is 1. The van der Waals surface area contributed by atoms with Gasteiger partial charge in [-0.2, -0.15) is 5.10 Å². The average Bonchev–Trinajstić information content (AvgIpc) is 2.74. The molecule has 0 bridgehead atoms. The minimum Gasteiger partial charge on any atom is -0.468 e. The fraction of sp³-hybridized carbons (Fsp3) is 0.250. The van der Waals surface area contributed by atoms with Gasteiger partial charge in [-0.05, 0) is 12.1 Å². The van der Waals surface area contributed by atoms with Crippen LogP contribution >= 0.6 is 0 Å². The van der Waals surface area contributed by atoms with Crippen LogP contribution in [0, 0.1) is 0 Å². The summed E-state index contributed by atoms with van der Waals surface area (Å²) in [5.74, 6) is 0.760. The smallest absolute Gasteiger partial charge is 0.137 e. The van der Waals surface area contributed by atoms with Crippen molar-refractivity contribution >= 4 is 0 Å². The molecule has 2 rings (SSSR count). The lowest BCUT2D eigenvalue weighted by Gasteiger charge is -2.07. The Morgan fingerprint density at radius 3 is 3.15 bits per heavy atom. The van der Waals surface area contributed by atoms with Gasteiger partial charge in [0.2, 0.25) is 0 Å². The van der Waals surface area contributed by atoms with Crippen molar-refractivity contribution < 1.29 is 4.42 Å². The van der Waals surface area contributed by atoms with Gasteiger partial charge >= 0.3 is 0 Å². The number of hydrogen-bond acceptors (Lipinski definition) is 4. The lowest BCUT2D eigenvalue weighted by atomic mass is 10.2. The van der Waals surface area contributed by atoms with E-state index in [1.807, 2.05) is 12.1 Å². The summed E-state index contributed by atoms with van der Waals surface area (Å²) in [6.45, 7) is 0.577. The van der Waals surface area contributed by atoms with E-state index in [1.165, 1.54) is 6.33 Å². The van der Waals surface area contributed by atoms with E-state index in [0.717, 1.165) is 5.76 Å². The Bertz CT molecular complexity index is 340. The first-order chi connectivity index (χ1) is 6.36. The highest BCUT2D eigenvalue weighted by molar-refractivity contribution is 5.02. The Morgan fingerprint density at radius 1 is 1.62 bits per heavy atom. The topological polar surface area (TPSA) is 69.9 Å². The number of aromatic nitrogens is 3. The van der Waals surface area contributed by atoms with Gasteiger partial charge in [0.25, 0.3) is 0 Å². The van der Waals surface area contributed by atoms with Crippen LogP contribution in [-0.2, 0) is 6.54 Å². The van der Waals surface area contributed by atoms with Crippen molar-refractivity contribution in [2.24, 2.45) is 5.73 Å². The number of rotatable bonds is 3. The maximum absolute atomic E-state index is 5.85. The molecule has 0 spiro atoms. The van der Waals surface area contributed by atoms with Crippen molar-refractivity contribution in [2.75, 3.05) is 0 Å². The maximum atomic E-state index is 5.85. The van der Waals surface area contributed by atoms with Crippen molar-refractivity contribution in [3.8, 4) is 0 Å². The SMILES string of the molecule is NC(Cn1cncn1)c1ccco1. The van der Waals surface area contributed by atoms with E-state index in [9.17, 15) is 0 Å². The van der Waals surface area contributed by atoms with Crippen LogP contribution in [0.15, 0.2) is 35.5 Å². The molecule has 0 aliphatic rings. The predicted molar refractivity (Wildman–Crippen MR) is 45.7 cm³/mol. The summed E-state index contributed by atoms with van der Waals surface area (Å²) in [6, 6.07) is 3.50. The Balaban J connectivity index is 2.04. The first kappa shape index (κ1) is 8.00. The zero-order valence-corrected chi connectivity index (χ0v) is 7.00. The first-order valence-electron chi connectivity index (χ1n) is 3.97. The van der Waals surface area contributed by atoms with Gasteiger partial charge in [-0.15, -0.1) is 0 Å². The molecule has 2 N–H and O–H groups in total. The van der Waals surface area contributed by atoms with Crippen LogP contribution in [0.2, 0.25) is 0 Å². The Labute approximate surface area is 75.2 Å². The summed E-state index contributed by atoms with van der Waals surface area (Å²) in [5.41, 5.74) is 5.85. The molecule has 1 atom stereocenters. The lowest BCUT2D eigenvalue weighted by molar-refractivity contribution is 0.421. The summed E-state index contributed by atoms with van der Waals surface area (Å²) in [4.78, 5) is 3.82. The molecule has 5 nitrogen and oxygen atoms in total. The predicted octanol–water partition coefficient (Wildman–Crippen LogP) is 0.571. The van der Waals surface area contributed by atoms with Gasteiger partial charge in [-0.25, -0.2) is 4.98 Å². The van der Waals surface area contributed by atoms with E-state index in [4.69, 9.17) is 10.2 Å². The molecule has 0 fully saturated rings. The minimum atomic E-state index is -0.170. The molecule has 5 heteroatoms. The molecule has 2 heterocycles. The Morgan fingerprint density at radius 2 is 2.54 bits per heavy atom. The molecule has 0 amide bonds. The quantitative estimate of drug-likeness (QED) is 0.746. The molecule has 2 aromatic rings. The molecule has 13 heavy (non-hydrogen) atoms. The van der Waals surface area contributed by atoms with Gasteiger partial charge in [-0.3, -0.25) is 4.68 Å². The highest BCUT2D eigenvalue weighted by atomic mass is 16.3. The fourth-order valence-corrected chi connectivity index (χ4v) is 1.12. The molecule has 2 aromatic heterocycles. The van der Waals surface area contributed by atoms with E-state index < -0.39 is 0 Å². The molecule has 1 unspecified atom stereocenters. The normalized spacial score (nSPS) is 13.0. The number of nitrogens with two attached hydrogens (primary N) is 1. The van der Waals surface area contributed by atoms with Crippen LogP contribution in [-0.4, -0.2) is 14.8 Å². The molecular formula is C8H10N4O. The standard InChI is InChI=1S/C8H10N4O/c9-7(8-2-1-3-13-8)4-12-6-10-5-11-12/h1-3,5-7H,4,9H2. The van der Waals surface area contributed by atoms with Crippen LogP contribution in [0.3, 0.4) is 0 Å². The van der Waals surface area contributed by atoms with Crippen LogP contribution in [0.25, 0.3) is 0 Å². The second-order valence-electron chi connectivity index (χ2n) is 2.74. The second kappa shape index (κ2) is 3.40. The van der Waals surface area contributed by atoms with Crippen LogP contribution in [0.4, 0.5) is 0 Å². The molecule has 0 aromatic carbocycles. The van der Waals surface area contributed by atoms with E-state index in [2.05, 4.69) is 10.1 Å². The first-order valence-corrected chi connectivity index (χ1v) is 3.97. The zero-order valence-electron chi connectivity index (χ0n) is 7.00. The Kier molecular flexibility index (Phi) is 2.09. The maximum Gasteiger partial charge on any atom is 0.137 e. The van der Waals surface area contributed by atoms with Gasteiger partial charge in [0.05, 0.1) is 18.8 Å². The third-order valence-corrected chi connectivity index (χ3v) is 1.76. The zero-order chi connectivity index (χ0) is 9.10. The van der Waals surface area contributed by atoms with Crippen LogP contribution in [0.5, 0.6) is 0 Å². The molecule has 0 aliphatic heterocycles. The van der Waals surface area contributed by atoms with Crippen molar-refractivity contribution in [1.29, 1.82) is 0 Å². The third kappa shape index (κ3) is 1.75. The molecule has 0 saturated heterocycles. The van der Waals surface area contributed by atoms with Crippen LogP contribution < -0.4 is 5.73 Å². The van der Waals surface area contributed by atoms with Gasteiger partial charge in [-0.1, -0.05) is 0 Å². The highest BCUT2D eigenvalue weighted by Gasteiger charge is 2.09. The average molecular weight is 178 g/mol. The van der Waals surface area contributed by atoms with E-state index in [-0.39, 0.29) is 6.04 Å². The van der Waals surface area contributed by atoms with Gasteiger partial charge < -0.3 is 10.2 Å². The fourth-order valence-electron chi connectivity index (χ4n) is 1.12.